The largest absolute Gasteiger partial charge is 0.366 e. The molecule has 0 atom stereocenters. The van der Waals surface area contributed by atoms with Gasteiger partial charge in [-0.05, 0) is 18.2 Å². The molecule has 0 unspecified atom stereocenters. The van der Waals surface area contributed by atoms with Crippen molar-refractivity contribution >= 4 is 40.7 Å². The van der Waals surface area contributed by atoms with Gasteiger partial charge in [-0.2, -0.15) is 4.98 Å². The minimum absolute atomic E-state index is 0.0762. The Labute approximate surface area is 137 Å². The zero-order valence-electron chi connectivity index (χ0n) is 11.3. The lowest BCUT2D eigenvalue weighted by molar-refractivity contribution is 0.996. The van der Waals surface area contributed by atoms with E-state index in [1.165, 1.54) is 0 Å². The molecule has 1 heterocycles. The molecule has 110 valence electrons. The van der Waals surface area contributed by atoms with Crippen LogP contribution in [-0.4, -0.2) is 15.2 Å². The molecule has 0 aliphatic rings. The van der Waals surface area contributed by atoms with Gasteiger partial charge in [0.1, 0.15) is 5.69 Å². The lowest BCUT2D eigenvalue weighted by atomic mass is 10.1. The van der Waals surface area contributed by atoms with Gasteiger partial charge in [0.05, 0.1) is 10.7 Å². The summed E-state index contributed by atoms with van der Waals surface area (Å²) in [4.78, 5) is 4.21. The first kappa shape index (κ1) is 14.6. The predicted molar refractivity (Wildman–Crippen MR) is 89.4 cm³/mol. The van der Waals surface area contributed by atoms with Crippen molar-refractivity contribution in [2.24, 2.45) is 0 Å². The van der Waals surface area contributed by atoms with Crippen LogP contribution in [0.25, 0.3) is 11.3 Å². The summed E-state index contributed by atoms with van der Waals surface area (Å²) in [6.07, 6.45) is 0. The molecular formula is C15H11Cl2N5. The summed E-state index contributed by atoms with van der Waals surface area (Å²) in [7, 11) is 0. The monoisotopic (exact) mass is 331 g/mol. The second kappa shape index (κ2) is 6.17. The van der Waals surface area contributed by atoms with E-state index < -0.39 is 0 Å². The molecule has 0 aliphatic carbocycles. The number of hydrogen-bond acceptors (Lipinski definition) is 5. The van der Waals surface area contributed by atoms with Crippen LogP contribution in [0.3, 0.4) is 0 Å². The summed E-state index contributed by atoms with van der Waals surface area (Å²) in [5.41, 5.74) is 7.75. The number of rotatable bonds is 3. The Balaban J connectivity index is 2.04. The van der Waals surface area contributed by atoms with Gasteiger partial charge in [-0.25, -0.2) is 0 Å². The van der Waals surface area contributed by atoms with Crippen molar-refractivity contribution in [2.45, 2.75) is 0 Å². The number of nitrogens with two attached hydrogens (primary N) is 1. The molecular weight excluding hydrogens is 321 g/mol. The van der Waals surface area contributed by atoms with Crippen LogP contribution in [0.15, 0.2) is 48.5 Å². The third-order valence-corrected chi connectivity index (χ3v) is 3.48. The number of nitrogen functional groups attached to an aromatic ring is 1. The lowest BCUT2D eigenvalue weighted by Crippen LogP contribution is -2.05. The van der Waals surface area contributed by atoms with Crippen molar-refractivity contribution in [1.82, 2.24) is 15.2 Å². The standard InChI is InChI=1S/C15H11Cl2N5/c16-10-6-7-12(11(17)8-10)19-14-13(21-22-15(18)20-14)9-4-2-1-3-5-9/h1-8H,(H3,18,19,20,22). The van der Waals surface area contributed by atoms with Crippen LogP contribution in [0.5, 0.6) is 0 Å². The van der Waals surface area contributed by atoms with E-state index in [2.05, 4.69) is 20.5 Å². The first-order valence-corrected chi connectivity index (χ1v) is 7.17. The molecule has 3 N–H and O–H groups in total. The minimum atomic E-state index is 0.0762. The Morgan fingerprint density at radius 1 is 0.955 bits per heavy atom. The lowest BCUT2D eigenvalue weighted by Gasteiger charge is -2.11. The zero-order chi connectivity index (χ0) is 15.5. The average molecular weight is 332 g/mol. The summed E-state index contributed by atoms with van der Waals surface area (Å²) in [5.74, 6) is 0.551. The number of aromatic nitrogens is 3. The molecule has 0 saturated carbocycles. The Morgan fingerprint density at radius 3 is 2.45 bits per heavy atom. The Kier molecular flexibility index (Phi) is 4.09. The maximum Gasteiger partial charge on any atom is 0.242 e. The van der Waals surface area contributed by atoms with Crippen LogP contribution >= 0.6 is 23.2 Å². The van der Waals surface area contributed by atoms with E-state index >= 15 is 0 Å². The number of halogens is 2. The van der Waals surface area contributed by atoms with Crippen molar-refractivity contribution in [2.75, 3.05) is 11.1 Å². The molecule has 1 aromatic heterocycles. The van der Waals surface area contributed by atoms with Gasteiger partial charge in [-0.1, -0.05) is 53.5 Å². The molecule has 0 fully saturated rings. The van der Waals surface area contributed by atoms with Gasteiger partial charge >= 0.3 is 0 Å². The van der Waals surface area contributed by atoms with Crippen LogP contribution in [-0.2, 0) is 0 Å². The molecule has 0 radical (unpaired) electrons. The first-order chi connectivity index (χ1) is 10.6. The molecule has 3 aromatic rings. The van der Waals surface area contributed by atoms with E-state index in [1.807, 2.05) is 30.3 Å². The summed E-state index contributed by atoms with van der Waals surface area (Å²) >= 11 is 12.1. The topological polar surface area (TPSA) is 76.7 Å². The van der Waals surface area contributed by atoms with E-state index in [9.17, 15) is 0 Å². The van der Waals surface area contributed by atoms with Gasteiger partial charge in [-0.15, -0.1) is 10.2 Å². The van der Waals surface area contributed by atoms with Gasteiger partial charge < -0.3 is 11.1 Å². The van der Waals surface area contributed by atoms with E-state index in [0.717, 1.165) is 5.56 Å². The molecule has 2 aromatic carbocycles. The highest BCUT2D eigenvalue weighted by molar-refractivity contribution is 6.36. The van der Waals surface area contributed by atoms with Crippen LogP contribution in [0.1, 0.15) is 0 Å². The third kappa shape index (κ3) is 3.10. The Morgan fingerprint density at radius 2 is 1.73 bits per heavy atom. The number of anilines is 3. The molecule has 22 heavy (non-hydrogen) atoms. The Hall–Kier alpha value is -2.37. The Bertz CT molecular complexity index is 808. The number of nitrogens with zero attached hydrogens (tertiary/aromatic N) is 3. The molecule has 3 rings (SSSR count). The van der Waals surface area contributed by atoms with Crippen molar-refractivity contribution in [3.8, 4) is 11.3 Å². The summed E-state index contributed by atoms with van der Waals surface area (Å²) < 4.78 is 0. The highest BCUT2D eigenvalue weighted by Crippen LogP contribution is 2.31. The molecule has 0 amide bonds. The fraction of sp³-hybridized carbons (Fsp3) is 0. The van der Waals surface area contributed by atoms with Crippen molar-refractivity contribution < 1.29 is 0 Å². The average Bonchev–Trinajstić information content (AvgIpc) is 2.51. The molecule has 0 saturated heterocycles. The summed E-state index contributed by atoms with van der Waals surface area (Å²) in [6.45, 7) is 0. The van der Waals surface area contributed by atoms with Gasteiger partial charge in [0.2, 0.25) is 5.95 Å². The quantitative estimate of drug-likeness (QED) is 0.753. The highest BCUT2D eigenvalue weighted by atomic mass is 35.5. The van der Waals surface area contributed by atoms with Crippen LogP contribution in [0, 0.1) is 0 Å². The van der Waals surface area contributed by atoms with Crippen molar-refractivity contribution in [3.05, 3.63) is 58.6 Å². The zero-order valence-corrected chi connectivity index (χ0v) is 12.8. The first-order valence-electron chi connectivity index (χ1n) is 6.41. The number of benzene rings is 2. The van der Waals surface area contributed by atoms with E-state index in [-0.39, 0.29) is 5.95 Å². The van der Waals surface area contributed by atoms with Crippen LogP contribution in [0.2, 0.25) is 10.0 Å². The molecule has 0 spiro atoms. The fourth-order valence-corrected chi connectivity index (χ4v) is 2.39. The van der Waals surface area contributed by atoms with Crippen molar-refractivity contribution in [3.63, 3.8) is 0 Å². The molecule has 5 nitrogen and oxygen atoms in total. The van der Waals surface area contributed by atoms with Crippen molar-refractivity contribution in [1.29, 1.82) is 0 Å². The number of nitrogens with one attached hydrogen (secondary N) is 1. The summed E-state index contributed by atoms with van der Waals surface area (Å²) in [6, 6.07) is 14.7. The molecule has 0 bridgehead atoms. The van der Waals surface area contributed by atoms with Gasteiger partial charge in [0.15, 0.2) is 5.82 Å². The second-order valence-electron chi connectivity index (χ2n) is 4.48. The van der Waals surface area contributed by atoms with Gasteiger partial charge in [0.25, 0.3) is 0 Å². The van der Waals surface area contributed by atoms with Crippen LogP contribution in [0.4, 0.5) is 17.5 Å². The third-order valence-electron chi connectivity index (χ3n) is 2.93. The summed E-state index contributed by atoms with van der Waals surface area (Å²) in [5, 5.41) is 12.1. The highest BCUT2D eigenvalue weighted by Gasteiger charge is 2.12. The molecule has 0 aliphatic heterocycles. The van der Waals surface area contributed by atoms with Crippen LogP contribution < -0.4 is 11.1 Å². The van der Waals surface area contributed by atoms with Gasteiger partial charge in [0, 0.05) is 10.6 Å². The predicted octanol–water partition coefficient (Wildman–Crippen LogP) is 4.17. The van der Waals surface area contributed by atoms with E-state index in [4.69, 9.17) is 28.9 Å². The number of hydrogen-bond donors (Lipinski definition) is 2. The molecule has 7 heteroatoms. The normalized spacial score (nSPS) is 10.5. The SMILES string of the molecule is Nc1nnc(-c2ccccc2)c(Nc2ccc(Cl)cc2Cl)n1. The van der Waals surface area contributed by atoms with E-state index in [1.54, 1.807) is 18.2 Å². The maximum atomic E-state index is 6.18. The fourth-order valence-electron chi connectivity index (χ4n) is 1.93. The van der Waals surface area contributed by atoms with Gasteiger partial charge in [-0.3, -0.25) is 0 Å². The second-order valence-corrected chi connectivity index (χ2v) is 5.33. The minimum Gasteiger partial charge on any atom is -0.366 e. The smallest absolute Gasteiger partial charge is 0.242 e. The maximum absolute atomic E-state index is 6.18. The van der Waals surface area contributed by atoms with E-state index in [0.29, 0.717) is 27.2 Å².